The van der Waals surface area contributed by atoms with Crippen LogP contribution in [-0.4, -0.2) is 6.54 Å². The molecule has 2 heteroatoms. The molecule has 0 saturated heterocycles. The van der Waals surface area contributed by atoms with E-state index in [2.05, 4.69) is 5.32 Å². The molecule has 0 bridgehead atoms. The van der Waals surface area contributed by atoms with E-state index < -0.39 is 0 Å². The molecule has 2 rings (SSSR count). The second-order valence-electron chi connectivity index (χ2n) is 4.85. The van der Waals surface area contributed by atoms with Gasteiger partial charge in [0.25, 0.3) is 0 Å². The molecule has 0 unspecified atom stereocenters. The predicted octanol–water partition coefficient (Wildman–Crippen LogP) is 4.13. The van der Waals surface area contributed by atoms with Gasteiger partial charge in [-0.2, -0.15) is 0 Å². The van der Waals surface area contributed by atoms with E-state index in [1.165, 1.54) is 32.1 Å². The van der Waals surface area contributed by atoms with Crippen LogP contribution in [0.25, 0.3) is 0 Å². The van der Waals surface area contributed by atoms with Crippen LogP contribution in [0.15, 0.2) is 18.2 Å². The third kappa shape index (κ3) is 2.97. The summed E-state index contributed by atoms with van der Waals surface area (Å²) in [4.78, 5) is 0. The van der Waals surface area contributed by atoms with Gasteiger partial charge in [-0.3, -0.25) is 0 Å². The Morgan fingerprint density at radius 3 is 2.69 bits per heavy atom. The van der Waals surface area contributed by atoms with Gasteiger partial charge in [0.1, 0.15) is 5.82 Å². The highest BCUT2D eigenvalue weighted by Crippen LogP contribution is 2.24. The summed E-state index contributed by atoms with van der Waals surface area (Å²) >= 11 is 0. The lowest BCUT2D eigenvalue weighted by Gasteiger charge is -2.22. The second-order valence-corrected chi connectivity index (χ2v) is 4.85. The quantitative estimate of drug-likeness (QED) is 0.809. The van der Waals surface area contributed by atoms with Crippen molar-refractivity contribution in [2.24, 2.45) is 5.92 Å². The van der Waals surface area contributed by atoms with E-state index in [1.54, 1.807) is 13.0 Å². The minimum absolute atomic E-state index is 0.117. The smallest absolute Gasteiger partial charge is 0.128 e. The molecular weight excluding hydrogens is 201 g/mol. The fourth-order valence-electron chi connectivity index (χ4n) is 2.36. The van der Waals surface area contributed by atoms with Gasteiger partial charge in [0.15, 0.2) is 0 Å². The number of benzene rings is 1. The van der Waals surface area contributed by atoms with Crippen LogP contribution in [0.2, 0.25) is 0 Å². The summed E-state index contributed by atoms with van der Waals surface area (Å²) in [5.74, 6) is 0.659. The van der Waals surface area contributed by atoms with Crippen LogP contribution in [0.5, 0.6) is 0 Å². The maximum Gasteiger partial charge on any atom is 0.128 e. The third-order valence-corrected chi connectivity index (χ3v) is 3.49. The average Bonchev–Trinajstić information content (AvgIpc) is 2.32. The Morgan fingerprint density at radius 1 is 1.25 bits per heavy atom. The molecule has 1 N–H and O–H groups in total. The Labute approximate surface area is 97.1 Å². The summed E-state index contributed by atoms with van der Waals surface area (Å²) in [6.07, 6.45) is 6.74. The van der Waals surface area contributed by atoms with Gasteiger partial charge in [-0.1, -0.05) is 25.3 Å². The third-order valence-electron chi connectivity index (χ3n) is 3.49. The van der Waals surface area contributed by atoms with E-state index in [0.717, 1.165) is 18.2 Å². The van der Waals surface area contributed by atoms with Crippen LogP contribution >= 0.6 is 0 Å². The summed E-state index contributed by atoms with van der Waals surface area (Å²) in [6, 6.07) is 5.39. The molecule has 0 spiro atoms. The Morgan fingerprint density at radius 2 is 2.00 bits per heavy atom. The van der Waals surface area contributed by atoms with E-state index in [4.69, 9.17) is 0 Å². The summed E-state index contributed by atoms with van der Waals surface area (Å²) in [7, 11) is 0. The molecule has 0 aromatic heterocycles. The molecule has 16 heavy (non-hydrogen) atoms. The zero-order chi connectivity index (χ0) is 11.4. The van der Waals surface area contributed by atoms with Gasteiger partial charge < -0.3 is 5.32 Å². The Hall–Kier alpha value is -1.05. The van der Waals surface area contributed by atoms with Crippen LogP contribution in [0, 0.1) is 18.7 Å². The zero-order valence-corrected chi connectivity index (χ0v) is 9.93. The van der Waals surface area contributed by atoms with E-state index in [0.29, 0.717) is 5.56 Å². The standard InChI is InChI=1S/C14H20FN/c1-11-7-8-13(9-14(11)15)16-10-12-5-3-2-4-6-12/h7-9,12,16H,2-6,10H2,1H3. The Kier molecular flexibility index (Phi) is 3.81. The molecule has 0 aliphatic heterocycles. The lowest BCUT2D eigenvalue weighted by atomic mass is 9.89. The minimum atomic E-state index is -0.117. The first-order valence-corrected chi connectivity index (χ1v) is 6.26. The average molecular weight is 221 g/mol. The van der Waals surface area contributed by atoms with E-state index >= 15 is 0 Å². The molecule has 1 aromatic carbocycles. The molecule has 1 nitrogen and oxygen atoms in total. The van der Waals surface area contributed by atoms with Gasteiger partial charge in [0.2, 0.25) is 0 Å². The maximum atomic E-state index is 13.3. The topological polar surface area (TPSA) is 12.0 Å². The molecule has 0 radical (unpaired) electrons. The highest BCUT2D eigenvalue weighted by Gasteiger charge is 2.12. The number of nitrogens with one attached hydrogen (secondary N) is 1. The molecule has 1 aliphatic carbocycles. The van der Waals surface area contributed by atoms with Crippen LogP contribution in [0.3, 0.4) is 0 Å². The van der Waals surface area contributed by atoms with Gasteiger partial charge in [-0.25, -0.2) is 4.39 Å². The Balaban J connectivity index is 1.86. The monoisotopic (exact) mass is 221 g/mol. The second kappa shape index (κ2) is 5.33. The Bertz CT molecular complexity index is 343. The summed E-state index contributed by atoms with van der Waals surface area (Å²) < 4.78 is 13.3. The minimum Gasteiger partial charge on any atom is -0.385 e. The summed E-state index contributed by atoms with van der Waals surface area (Å²) in [5.41, 5.74) is 1.62. The normalized spacial score (nSPS) is 17.4. The van der Waals surface area contributed by atoms with Crippen molar-refractivity contribution in [3.8, 4) is 0 Å². The van der Waals surface area contributed by atoms with E-state index in [9.17, 15) is 4.39 Å². The molecular formula is C14H20FN. The highest BCUT2D eigenvalue weighted by atomic mass is 19.1. The first kappa shape index (κ1) is 11.4. The van der Waals surface area contributed by atoms with Crippen molar-refractivity contribution in [2.45, 2.75) is 39.0 Å². The lowest BCUT2D eigenvalue weighted by Crippen LogP contribution is -2.17. The van der Waals surface area contributed by atoms with Crippen LogP contribution < -0.4 is 5.32 Å². The van der Waals surface area contributed by atoms with Crippen LogP contribution in [-0.2, 0) is 0 Å². The number of halogens is 1. The molecule has 0 atom stereocenters. The highest BCUT2D eigenvalue weighted by molar-refractivity contribution is 5.45. The van der Waals surface area contributed by atoms with Crippen LogP contribution in [0.4, 0.5) is 10.1 Å². The van der Waals surface area contributed by atoms with Crippen molar-refractivity contribution >= 4 is 5.69 Å². The van der Waals surface area contributed by atoms with Crippen molar-refractivity contribution in [3.05, 3.63) is 29.6 Å². The largest absolute Gasteiger partial charge is 0.385 e. The number of hydrogen-bond donors (Lipinski definition) is 1. The molecule has 88 valence electrons. The van der Waals surface area contributed by atoms with Gasteiger partial charge in [-0.05, 0) is 43.4 Å². The molecule has 1 saturated carbocycles. The zero-order valence-electron chi connectivity index (χ0n) is 9.93. The van der Waals surface area contributed by atoms with E-state index in [-0.39, 0.29) is 5.82 Å². The molecule has 1 aromatic rings. The molecule has 1 fully saturated rings. The van der Waals surface area contributed by atoms with Crippen molar-refractivity contribution in [3.63, 3.8) is 0 Å². The SMILES string of the molecule is Cc1ccc(NCC2CCCCC2)cc1F. The molecule has 1 aliphatic rings. The van der Waals surface area contributed by atoms with Gasteiger partial charge in [0.05, 0.1) is 0 Å². The number of aryl methyl sites for hydroxylation is 1. The van der Waals surface area contributed by atoms with Crippen molar-refractivity contribution < 1.29 is 4.39 Å². The van der Waals surface area contributed by atoms with E-state index in [1.807, 2.05) is 12.1 Å². The predicted molar refractivity (Wildman–Crippen MR) is 66.2 cm³/mol. The number of anilines is 1. The summed E-state index contributed by atoms with van der Waals surface area (Å²) in [6.45, 7) is 2.78. The number of hydrogen-bond acceptors (Lipinski definition) is 1. The first-order chi connectivity index (χ1) is 7.75. The fourth-order valence-corrected chi connectivity index (χ4v) is 2.36. The van der Waals surface area contributed by atoms with Gasteiger partial charge in [-0.15, -0.1) is 0 Å². The van der Waals surface area contributed by atoms with Crippen LogP contribution in [0.1, 0.15) is 37.7 Å². The summed E-state index contributed by atoms with van der Waals surface area (Å²) in [5, 5.41) is 3.34. The lowest BCUT2D eigenvalue weighted by molar-refractivity contribution is 0.373. The fraction of sp³-hybridized carbons (Fsp3) is 0.571. The van der Waals surface area contributed by atoms with Crippen molar-refractivity contribution in [1.29, 1.82) is 0 Å². The first-order valence-electron chi connectivity index (χ1n) is 6.26. The maximum absolute atomic E-state index is 13.3. The molecule has 0 amide bonds. The van der Waals surface area contributed by atoms with Gasteiger partial charge in [0, 0.05) is 12.2 Å². The van der Waals surface area contributed by atoms with Crippen molar-refractivity contribution in [2.75, 3.05) is 11.9 Å². The van der Waals surface area contributed by atoms with Crippen molar-refractivity contribution in [1.82, 2.24) is 0 Å². The van der Waals surface area contributed by atoms with Gasteiger partial charge >= 0.3 is 0 Å². The molecule has 0 heterocycles. The number of rotatable bonds is 3.